The lowest BCUT2D eigenvalue weighted by molar-refractivity contribution is -0.143. The molecule has 6 heteroatoms. The van der Waals surface area contributed by atoms with Crippen LogP contribution >= 0.6 is 0 Å². The number of fused-ring (bicyclic) bond motifs is 2. The van der Waals surface area contributed by atoms with Gasteiger partial charge in [0.05, 0.1) is 36.3 Å². The van der Waals surface area contributed by atoms with Crippen molar-refractivity contribution in [3.05, 3.63) is 0 Å². The fraction of sp³-hybridized carbons (Fsp3) is 0.857. The Morgan fingerprint density at radius 1 is 0.700 bits per heavy atom. The average molecular weight is 284 g/mol. The predicted octanol–water partition coefficient (Wildman–Crippen LogP) is 1.28. The molecule has 4 rings (SSSR count). The smallest absolute Gasteiger partial charge is 0.306 e. The topological polar surface area (TPSA) is 99.7 Å². The molecule has 0 aromatic rings. The first kappa shape index (κ1) is 13.8. The third kappa shape index (κ3) is 3.12. The molecule has 6 unspecified atom stereocenters. The molecule has 2 heterocycles. The second-order valence-corrected chi connectivity index (χ2v) is 6.12. The molecule has 2 saturated carbocycles. The van der Waals surface area contributed by atoms with Crippen LogP contribution in [0.3, 0.4) is 0 Å². The highest BCUT2D eigenvalue weighted by molar-refractivity contribution is 5.70. The minimum absolute atomic E-state index is 0.135. The number of carboxylic acids is 2. The largest absolute Gasteiger partial charge is 0.481 e. The Kier molecular flexibility index (Phi) is 3.69. The molecule has 0 bridgehead atoms. The molecular formula is C14H20O6. The summed E-state index contributed by atoms with van der Waals surface area (Å²) in [6, 6.07) is 0. The molecule has 0 radical (unpaired) electrons. The number of epoxide rings is 2. The highest BCUT2D eigenvalue weighted by atomic mass is 16.6. The van der Waals surface area contributed by atoms with Crippen molar-refractivity contribution < 1.29 is 29.3 Å². The normalized spacial score (nSPS) is 44.2. The van der Waals surface area contributed by atoms with Crippen molar-refractivity contribution in [2.45, 2.75) is 62.9 Å². The lowest BCUT2D eigenvalue weighted by atomic mass is 9.90. The molecule has 2 N–H and O–H groups in total. The minimum atomic E-state index is -0.658. The molecule has 2 aliphatic heterocycles. The van der Waals surface area contributed by atoms with E-state index >= 15 is 0 Å². The summed E-state index contributed by atoms with van der Waals surface area (Å²) in [5, 5.41) is 17.2. The Morgan fingerprint density at radius 3 is 1.40 bits per heavy atom. The van der Waals surface area contributed by atoms with Crippen LogP contribution in [0, 0.1) is 11.8 Å². The Hall–Kier alpha value is -1.14. The van der Waals surface area contributed by atoms with Gasteiger partial charge in [-0.15, -0.1) is 0 Å². The monoisotopic (exact) mass is 284 g/mol. The van der Waals surface area contributed by atoms with Crippen molar-refractivity contribution in [1.82, 2.24) is 0 Å². The van der Waals surface area contributed by atoms with Crippen molar-refractivity contribution in [3.8, 4) is 0 Å². The van der Waals surface area contributed by atoms with Crippen LogP contribution in [-0.4, -0.2) is 46.6 Å². The second kappa shape index (κ2) is 5.33. The van der Waals surface area contributed by atoms with Gasteiger partial charge in [-0.2, -0.15) is 0 Å². The lowest BCUT2D eigenvalue weighted by Gasteiger charge is -2.12. The van der Waals surface area contributed by atoms with Crippen molar-refractivity contribution in [2.24, 2.45) is 11.8 Å². The van der Waals surface area contributed by atoms with Gasteiger partial charge in [-0.1, -0.05) is 0 Å². The maximum absolute atomic E-state index is 10.5. The van der Waals surface area contributed by atoms with Crippen molar-refractivity contribution in [1.29, 1.82) is 0 Å². The van der Waals surface area contributed by atoms with Gasteiger partial charge < -0.3 is 19.7 Å². The van der Waals surface area contributed by atoms with E-state index in [4.69, 9.17) is 19.7 Å². The molecule has 0 aromatic heterocycles. The number of aliphatic carboxylic acids is 2. The zero-order valence-electron chi connectivity index (χ0n) is 11.2. The number of hydrogen-bond acceptors (Lipinski definition) is 4. The molecule has 2 aliphatic carbocycles. The summed E-state index contributed by atoms with van der Waals surface area (Å²) in [6.07, 6.45) is 6.37. The fourth-order valence-electron chi connectivity index (χ4n) is 3.26. The van der Waals surface area contributed by atoms with Crippen molar-refractivity contribution >= 4 is 11.9 Å². The average Bonchev–Trinajstić information content (AvgIpc) is 3.31. The van der Waals surface area contributed by atoms with E-state index in [9.17, 15) is 9.59 Å². The maximum Gasteiger partial charge on any atom is 0.306 e. The third-order valence-corrected chi connectivity index (χ3v) is 4.71. The Bertz CT molecular complexity index is 370. The molecule has 112 valence electrons. The fourth-order valence-corrected chi connectivity index (χ4v) is 3.26. The quantitative estimate of drug-likeness (QED) is 0.741. The second-order valence-electron chi connectivity index (χ2n) is 6.12. The van der Waals surface area contributed by atoms with Crippen LogP contribution in [0.5, 0.6) is 0 Å². The van der Waals surface area contributed by atoms with E-state index < -0.39 is 11.9 Å². The van der Waals surface area contributed by atoms with E-state index in [1.807, 2.05) is 0 Å². The van der Waals surface area contributed by atoms with Crippen molar-refractivity contribution in [2.75, 3.05) is 0 Å². The number of ether oxygens (including phenoxy) is 2. The first-order chi connectivity index (χ1) is 9.54. The molecule has 2 saturated heterocycles. The van der Waals surface area contributed by atoms with Gasteiger partial charge in [-0.05, 0) is 38.5 Å². The lowest BCUT2D eigenvalue weighted by Crippen LogP contribution is -2.21. The van der Waals surface area contributed by atoms with E-state index in [-0.39, 0.29) is 24.0 Å². The van der Waals surface area contributed by atoms with E-state index in [0.29, 0.717) is 12.2 Å². The molecule has 0 amide bonds. The first-order valence-electron chi connectivity index (χ1n) is 7.31. The summed E-state index contributed by atoms with van der Waals surface area (Å²) in [6.45, 7) is 0. The summed E-state index contributed by atoms with van der Waals surface area (Å²) >= 11 is 0. The molecule has 0 spiro atoms. The molecule has 0 aromatic carbocycles. The zero-order chi connectivity index (χ0) is 14.3. The summed E-state index contributed by atoms with van der Waals surface area (Å²) < 4.78 is 10.4. The third-order valence-electron chi connectivity index (χ3n) is 4.71. The molecule has 6 atom stereocenters. The number of carboxylic acid groups (broad SMARTS) is 2. The van der Waals surface area contributed by atoms with Crippen LogP contribution in [0.4, 0.5) is 0 Å². The van der Waals surface area contributed by atoms with Gasteiger partial charge in [-0.25, -0.2) is 0 Å². The minimum Gasteiger partial charge on any atom is -0.481 e. The van der Waals surface area contributed by atoms with E-state index in [2.05, 4.69) is 0 Å². The van der Waals surface area contributed by atoms with Gasteiger partial charge in [0.2, 0.25) is 0 Å². The van der Waals surface area contributed by atoms with Gasteiger partial charge in [-0.3, -0.25) is 9.59 Å². The van der Waals surface area contributed by atoms with Crippen LogP contribution in [0.2, 0.25) is 0 Å². The predicted molar refractivity (Wildman–Crippen MR) is 67.3 cm³/mol. The Morgan fingerprint density at radius 2 is 1.10 bits per heavy atom. The summed E-state index contributed by atoms with van der Waals surface area (Å²) in [7, 11) is 0. The van der Waals surface area contributed by atoms with Gasteiger partial charge in [0.25, 0.3) is 0 Å². The first-order valence-corrected chi connectivity index (χ1v) is 7.31. The van der Waals surface area contributed by atoms with E-state index in [0.717, 1.165) is 38.5 Å². The maximum atomic E-state index is 10.5. The van der Waals surface area contributed by atoms with Gasteiger partial charge in [0.15, 0.2) is 0 Å². The number of rotatable bonds is 2. The molecular weight excluding hydrogens is 264 g/mol. The van der Waals surface area contributed by atoms with Gasteiger partial charge in [0, 0.05) is 0 Å². The molecule has 4 fully saturated rings. The number of carbonyl (C=O) groups is 2. The molecule has 20 heavy (non-hydrogen) atoms. The highest BCUT2D eigenvalue weighted by Crippen LogP contribution is 2.40. The van der Waals surface area contributed by atoms with E-state index in [1.165, 1.54) is 0 Å². The van der Waals surface area contributed by atoms with Crippen LogP contribution in [0.1, 0.15) is 38.5 Å². The SMILES string of the molecule is O=C(O)C1CCC2OC2C1.O=C(O)C1CCC2OC2C1. The van der Waals surface area contributed by atoms with Crippen molar-refractivity contribution in [3.63, 3.8) is 0 Å². The van der Waals surface area contributed by atoms with E-state index in [1.54, 1.807) is 0 Å². The summed E-state index contributed by atoms with van der Waals surface area (Å²) in [4.78, 5) is 20.9. The standard InChI is InChI=1S/2C7H10O3/c2*8-7(9)4-1-2-5-6(3-4)10-5/h2*4-6H,1-3H2,(H,8,9). The molecule has 6 nitrogen and oxygen atoms in total. The van der Waals surface area contributed by atoms with Crippen LogP contribution < -0.4 is 0 Å². The summed E-state index contributed by atoms with van der Waals surface area (Å²) in [5.74, 6) is -1.59. The van der Waals surface area contributed by atoms with Gasteiger partial charge in [0.1, 0.15) is 0 Å². The zero-order valence-corrected chi connectivity index (χ0v) is 11.2. The van der Waals surface area contributed by atoms with Crippen LogP contribution in [-0.2, 0) is 19.1 Å². The van der Waals surface area contributed by atoms with Crippen LogP contribution in [0.25, 0.3) is 0 Å². The Labute approximate surface area is 117 Å². The Balaban J connectivity index is 0.000000121. The number of hydrogen-bond donors (Lipinski definition) is 2. The van der Waals surface area contributed by atoms with Crippen LogP contribution in [0.15, 0.2) is 0 Å². The summed E-state index contributed by atoms with van der Waals surface area (Å²) in [5.41, 5.74) is 0. The highest BCUT2D eigenvalue weighted by Gasteiger charge is 2.46. The molecule has 4 aliphatic rings. The van der Waals surface area contributed by atoms with Gasteiger partial charge >= 0.3 is 11.9 Å².